The van der Waals surface area contributed by atoms with Gasteiger partial charge in [-0.25, -0.2) is 0 Å². The minimum absolute atomic E-state index is 0.149. The van der Waals surface area contributed by atoms with Crippen molar-refractivity contribution < 1.29 is 4.79 Å². The number of rotatable bonds is 8. The van der Waals surface area contributed by atoms with Crippen LogP contribution in [0.15, 0.2) is 4.99 Å². The summed E-state index contributed by atoms with van der Waals surface area (Å²) in [5.41, 5.74) is 0. The van der Waals surface area contributed by atoms with Crippen LogP contribution >= 0.6 is 0 Å². The maximum Gasteiger partial charge on any atom is 0.234 e. The minimum atomic E-state index is 0.149. The van der Waals surface area contributed by atoms with Gasteiger partial charge in [0.2, 0.25) is 5.91 Å². The fourth-order valence-electron chi connectivity index (χ4n) is 2.95. The molecule has 0 bridgehead atoms. The largest absolute Gasteiger partial charge is 0.356 e. The molecule has 23 heavy (non-hydrogen) atoms. The zero-order chi connectivity index (χ0) is 16.5. The Hall–Kier alpha value is -1.30. The Balaban J connectivity index is 1.59. The molecule has 0 aromatic carbocycles. The van der Waals surface area contributed by atoms with Crippen LogP contribution in [-0.2, 0) is 4.79 Å². The summed E-state index contributed by atoms with van der Waals surface area (Å²) in [4.78, 5) is 18.3. The van der Waals surface area contributed by atoms with E-state index in [1.807, 2.05) is 7.05 Å². The van der Waals surface area contributed by atoms with Gasteiger partial charge >= 0.3 is 0 Å². The zero-order valence-electron chi connectivity index (χ0n) is 14.7. The van der Waals surface area contributed by atoms with Crippen LogP contribution < -0.4 is 16.0 Å². The first-order chi connectivity index (χ1) is 11.2. The highest BCUT2D eigenvalue weighted by Gasteiger charge is 2.22. The van der Waals surface area contributed by atoms with E-state index >= 15 is 0 Å². The van der Waals surface area contributed by atoms with Crippen LogP contribution in [0.5, 0.6) is 0 Å². The van der Waals surface area contributed by atoms with Crippen molar-refractivity contribution in [2.24, 2.45) is 10.9 Å². The standard InChI is InChI=1S/C17H33N5O/c1-3-9-19-16(23)13-22-11-7-15(8-12-22)21-17(18-2)20-10-6-14-4-5-14/h14-15H,3-13H2,1-2H3,(H,19,23)(H2,18,20,21). The molecule has 1 heterocycles. The molecule has 0 radical (unpaired) electrons. The normalized spacial score (nSPS) is 20.3. The lowest BCUT2D eigenvalue weighted by molar-refractivity contribution is -0.122. The average Bonchev–Trinajstić information content (AvgIpc) is 3.38. The molecular formula is C17H33N5O. The number of guanidine groups is 1. The molecule has 0 aromatic heterocycles. The molecule has 0 atom stereocenters. The highest BCUT2D eigenvalue weighted by atomic mass is 16.2. The van der Waals surface area contributed by atoms with Crippen LogP contribution in [0, 0.1) is 5.92 Å². The predicted octanol–water partition coefficient (Wildman–Crippen LogP) is 0.942. The van der Waals surface area contributed by atoms with Gasteiger partial charge in [-0.05, 0) is 31.6 Å². The van der Waals surface area contributed by atoms with E-state index < -0.39 is 0 Å². The predicted molar refractivity (Wildman–Crippen MR) is 94.6 cm³/mol. The second-order valence-electron chi connectivity index (χ2n) is 6.78. The molecule has 1 amide bonds. The number of likely N-dealkylation sites (tertiary alicyclic amines) is 1. The van der Waals surface area contributed by atoms with Gasteiger partial charge in [-0.2, -0.15) is 0 Å². The van der Waals surface area contributed by atoms with Crippen LogP contribution in [0.3, 0.4) is 0 Å². The second-order valence-corrected chi connectivity index (χ2v) is 6.78. The molecule has 1 aliphatic carbocycles. The van der Waals surface area contributed by atoms with Crippen molar-refractivity contribution in [3.63, 3.8) is 0 Å². The van der Waals surface area contributed by atoms with Crippen LogP contribution in [0.25, 0.3) is 0 Å². The van der Waals surface area contributed by atoms with E-state index in [0.29, 0.717) is 12.6 Å². The first kappa shape index (κ1) is 18.0. The third kappa shape index (κ3) is 7.20. The molecule has 0 aromatic rings. The minimum Gasteiger partial charge on any atom is -0.356 e. The Morgan fingerprint density at radius 2 is 1.87 bits per heavy atom. The lowest BCUT2D eigenvalue weighted by atomic mass is 10.1. The van der Waals surface area contributed by atoms with Gasteiger partial charge in [0, 0.05) is 39.3 Å². The number of hydrogen-bond acceptors (Lipinski definition) is 3. The smallest absolute Gasteiger partial charge is 0.234 e. The van der Waals surface area contributed by atoms with Gasteiger partial charge in [-0.3, -0.25) is 14.7 Å². The first-order valence-electron chi connectivity index (χ1n) is 9.17. The molecular weight excluding hydrogens is 290 g/mol. The summed E-state index contributed by atoms with van der Waals surface area (Å²) in [6.45, 7) is 6.33. The maximum atomic E-state index is 11.8. The first-order valence-corrected chi connectivity index (χ1v) is 9.17. The molecule has 6 heteroatoms. The Bertz CT molecular complexity index is 386. The van der Waals surface area contributed by atoms with Gasteiger partial charge in [0.15, 0.2) is 5.96 Å². The van der Waals surface area contributed by atoms with E-state index in [2.05, 4.69) is 32.8 Å². The van der Waals surface area contributed by atoms with Gasteiger partial charge in [-0.15, -0.1) is 0 Å². The molecule has 0 spiro atoms. The number of aliphatic imine (C=N–C) groups is 1. The Labute approximate surface area is 140 Å². The Kier molecular flexibility index (Phi) is 7.65. The third-order valence-corrected chi connectivity index (χ3v) is 4.63. The number of nitrogens with one attached hydrogen (secondary N) is 3. The lowest BCUT2D eigenvalue weighted by Gasteiger charge is -2.32. The fourth-order valence-corrected chi connectivity index (χ4v) is 2.95. The lowest BCUT2D eigenvalue weighted by Crippen LogP contribution is -2.50. The van der Waals surface area contributed by atoms with Crippen LogP contribution in [0.1, 0.15) is 45.4 Å². The number of carbonyl (C=O) groups is 1. The third-order valence-electron chi connectivity index (χ3n) is 4.63. The molecule has 2 rings (SSSR count). The highest BCUT2D eigenvalue weighted by molar-refractivity contribution is 5.80. The van der Waals surface area contributed by atoms with Gasteiger partial charge in [0.05, 0.1) is 6.54 Å². The van der Waals surface area contributed by atoms with Gasteiger partial charge in [0.1, 0.15) is 0 Å². The number of amides is 1. The topological polar surface area (TPSA) is 68.8 Å². The van der Waals surface area contributed by atoms with E-state index in [0.717, 1.165) is 57.3 Å². The Morgan fingerprint density at radius 3 is 2.48 bits per heavy atom. The van der Waals surface area contributed by atoms with Crippen LogP contribution in [0.4, 0.5) is 0 Å². The molecule has 2 fully saturated rings. The summed E-state index contributed by atoms with van der Waals surface area (Å²) in [7, 11) is 1.83. The molecule has 132 valence electrons. The monoisotopic (exact) mass is 323 g/mol. The summed E-state index contributed by atoms with van der Waals surface area (Å²) in [5.74, 6) is 2.02. The van der Waals surface area contributed by atoms with Gasteiger partial charge < -0.3 is 16.0 Å². The number of carbonyl (C=O) groups excluding carboxylic acids is 1. The summed E-state index contributed by atoms with van der Waals surface area (Å²) >= 11 is 0. The number of nitrogens with zero attached hydrogens (tertiary/aromatic N) is 2. The second kappa shape index (κ2) is 9.75. The molecule has 6 nitrogen and oxygen atoms in total. The van der Waals surface area contributed by atoms with Crippen molar-refractivity contribution in [2.75, 3.05) is 39.8 Å². The van der Waals surface area contributed by atoms with Gasteiger partial charge in [0.25, 0.3) is 0 Å². The quantitative estimate of drug-likeness (QED) is 0.459. The van der Waals surface area contributed by atoms with E-state index in [4.69, 9.17) is 0 Å². The van der Waals surface area contributed by atoms with Crippen LogP contribution in [-0.4, -0.2) is 62.6 Å². The van der Waals surface area contributed by atoms with Crippen molar-refractivity contribution in [1.82, 2.24) is 20.9 Å². The highest BCUT2D eigenvalue weighted by Crippen LogP contribution is 2.31. The summed E-state index contributed by atoms with van der Waals surface area (Å²) in [6, 6.07) is 0.456. The fraction of sp³-hybridized carbons (Fsp3) is 0.882. The van der Waals surface area contributed by atoms with E-state index in [9.17, 15) is 4.79 Å². The summed E-state index contributed by atoms with van der Waals surface area (Å²) in [5, 5.41) is 9.88. The van der Waals surface area contributed by atoms with E-state index in [1.54, 1.807) is 0 Å². The Morgan fingerprint density at radius 1 is 1.13 bits per heavy atom. The summed E-state index contributed by atoms with van der Waals surface area (Å²) in [6.07, 6.45) is 7.17. The van der Waals surface area contributed by atoms with Crippen molar-refractivity contribution >= 4 is 11.9 Å². The number of hydrogen-bond donors (Lipinski definition) is 3. The molecule has 0 unspecified atom stereocenters. The maximum absolute atomic E-state index is 11.8. The molecule has 1 saturated heterocycles. The van der Waals surface area contributed by atoms with E-state index in [1.165, 1.54) is 19.3 Å². The van der Waals surface area contributed by atoms with Crippen molar-refractivity contribution in [2.45, 2.75) is 51.5 Å². The average molecular weight is 323 g/mol. The zero-order valence-corrected chi connectivity index (χ0v) is 14.7. The molecule has 3 N–H and O–H groups in total. The summed E-state index contributed by atoms with van der Waals surface area (Å²) < 4.78 is 0. The number of piperidine rings is 1. The van der Waals surface area contributed by atoms with Crippen molar-refractivity contribution in [3.8, 4) is 0 Å². The molecule has 1 saturated carbocycles. The molecule has 2 aliphatic rings. The van der Waals surface area contributed by atoms with Crippen LogP contribution in [0.2, 0.25) is 0 Å². The SMILES string of the molecule is CCCNC(=O)CN1CCC(NC(=NC)NCCC2CC2)CC1. The molecule has 1 aliphatic heterocycles. The van der Waals surface area contributed by atoms with Gasteiger partial charge in [-0.1, -0.05) is 19.8 Å². The van der Waals surface area contributed by atoms with E-state index in [-0.39, 0.29) is 5.91 Å². The van der Waals surface area contributed by atoms with Crippen molar-refractivity contribution in [3.05, 3.63) is 0 Å². The van der Waals surface area contributed by atoms with Crippen molar-refractivity contribution in [1.29, 1.82) is 0 Å².